The molecule has 2 aromatic heterocycles. The number of thioether (sulfide) groups is 1. The number of benzene rings is 2. The summed E-state index contributed by atoms with van der Waals surface area (Å²) in [6.07, 6.45) is 0.222. The second-order valence-electron chi connectivity index (χ2n) is 7.23. The monoisotopic (exact) mass is 437 g/mol. The molecule has 0 aliphatic carbocycles. The second kappa shape index (κ2) is 8.73. The number of hydrogen-bond acceptors (Lipinski definition) is 5. The maximum absolute atomic E-state index is 13.5. The fourth-order valence-electron chi connectivity index (χ4n) is 3.27. The summed E-state index contributed by atoms with van der Waals surface area (Å²) in [5, 5.41) is 9.32. The zero-order valence-electron chi connectivity index (χ0n) is 17.0. The van der Waals surface area contributed by atoms with E-state index in [1.165, 1.54) is 30.0 Å². The zero-order valence-corrected chi connectivity index (χ0v) is 17.8. The van der Waals surface area contributed by atoms with Crippen molar-refractivity contribution in [3.05, 3.63) is 103 Å². The van der Waals surface area contributed by atoms with E-state index < -0.39 is 11.2 Å². The molecule has 0 radical (unpaired) electrons. The minimum atomic E-state index is -0.569. The Hall–Kier alpha value is -3.46. The number of H-pyrrole nitrogens is 2. The molecule has 0 bridgehead atoms. The largest absolute Gasteiger partial charge is 0.325 e. The first kappa shape index (κ1) is 20.8. The van der Waals surface area contributed by atoms with Gasteiger partial charge in [-0.25, -0.2) is 9.18 Å². The van der Waals surface area contributed by atoms with Crippen LogP contribution in [0.4, 0.5) is 4.39 Å². The van der Waals surface area contributed by atoms with Crippen molar-refractivity contribution < 1.29 is 4.39 Å². The first-order valence-electron chi connectivity index (χ1n) is 9.61. The van der Waals surface area contributed by atoms with Crippen molar-refractivity contribution in [2.75, 3.05) is 0 Å². The Morgan fingerprint density at radius 1 is 1.03 bits per heavy atom. The summed E-state index contributed by atoms with van der Waals surface area (Å²) in [5.74, 6) is 0.813. The maximum Gasteiger partial charge on any atom is 0.325 e. The average Bonchev–Trinajstić information content (AvgIpc) is 3.09. The van der Waals surface area contributed by atoms with E-state index >= 15 is 0 Å². The Morgan fingerprint density at radius 2 is 1.87 bits per heavy atom. The quantitative estimate of drug-likeness (QED) is 0.451. The Labute approximate surface area is 181 Å². The molecule has 0 aliphatic heterocycles. The minimum absolute atomic E-state index is 0.222. The average molecular weight is 438 g/mol. The summed E-state index contributed by atoms with van der Waals surface area (Å²) < 4.78 is 15.5. The van der Waals surface area contributed by atoms with Gasteiger partial charge >= 0.3 is 5.69 Å². The fourth-order valence-corrected chi connectivity index (χ4v) is 4.18. The van der Waals surface area contributed by atoms with Crippen LogP contribution in [0.2, 0.25) is 0 Å². The highest BCUT2D eigenvalue weighted by atomic mass is 32.2. The first-order chi connectivity index (χ1) is 14.9. The van der Waals surface area contributed by atoms with Gasteiger partial charge in [-0.2, -0.15) is 0 Å². The third-order valence-corrected chi connectivity index (χ3v) is 5.73. The predicted molar refractivity (Wildman–Crippen MR) is 117 cm³/mol. The molecule has 0 amide bonds. The molecule has 0 unspecified atom stereocenters. The number of nitrogens with zero attached hydrogens (tertiary/aromatic N) is 3. The maximum atomic E-state index is 13.5. The van der Waals surface area contributed by atoms with E-state index in [1.54, 1.807) is 6.07 Å². The van der Waals surface area contributed by atoms with Crippen molar-refractivity contribution in [3.8, 4) is 5.69 Å². The van der Waals surface area contributed by atoms with Gasteiger partial charge in [-0.1, -0.05) is 36.0 Å². The molecule has 0 aliphatic rings. The molecule has 4 aromatic rings. The first-order valence-corrected chi connectivity index (χ1v) is 10.6. The van der Waals surface area contributed by atoms with E-state index in [4.69, 9.17) is 0 Å². The van der Waals surface area contributed by atoms with E-state index in [0.717, 1.165) is 22.4 Å². The van der Waals surface area contributed by atoms with E-state index in [-0.39, 0.29) is 12.2 Å². The normalized spacial score (nSPS) is 11.1. The van der Waals surface area contributed by atoms with Gasteiger partial charge in [-0.15, -0.1) is 10.2 Å². The Balaban J connectivity index is 1.75. The smallest absolute Gasteiger partial charge is 0.311 e. The Kier molecular flexibility index (Phi) is 5.85. The molecular weight excluding hydrogens is 417 g/mol. The third kappa shape index (κ3) is 4.83. The molecular formula is C22H20FN5O2S. The minimum Gasteiger partial charge on any atom is -0.311 e. The van der Waals surface area contributed by atoms with Gasteiger partial charge in [0.05, 0.1) is 5.69 Å². The van der Waals surface area contributed by atoms with Crippen LogP contribution in [0.15, 0.2) is 63.3 Å². The van der Waals surface area contributed by atoms with Gasteiger partial charge in [0.2, 0.25) is 0 Å². The molecule has 2 heterocycles. The molecule has 9 heteroatoms. The molecule has 31 heavy (non-hydrogen) atoms. The van der Waals surface area contributed by atoms with Crippen LogP contribution < -0.4 is 11.2 Å². The summed E-state index contributed by atoms with van der Waals surface area (Å²) in [5.41, 5.74) is 3.24. The van der Waals surface area contributed by atoms with Crippen LogP contribution >= 0.6 is 11.8 Å². The molecule has 7 nitrogen and oxygen atoms in total. The van der Waals surface area contributed by atoms with Crippen molar-refractivity contribution in [3.63, 3.8) is 0 Å². The molecule has 158 valence electrons. The van der Waals surface area contributed by atoms with Gasteiger partial charge in [0.25, 0.3) is 5.56 Å². The number of nitrogens with one attached hydrogen (secondary N) is 2. The van der Waals surface area contributed by atoms with Crippen molar-refractivity contribution in [1.82, 2.24) is 24.7 Å². The molecule has 4 rings (SSSR count). The molecule has 0 fully saturated rings. The SMILES string of the molecule is Cc1ccc(C)c(-n2c(Cc3cc(=O)[nH]c(=O)[nH]3)nnc2SCc2cccc(F)c2)c1. The Bertz CT molecular complexity index is 1330. The number of aromatic amines is 2. The summed E-state index contributed by atoms with van der Waals surface area (Å²) >= 11 is 1.44. The van der Waals surface area contributed by atoms with Crippen LogP contribution in [-0.2, 0) is 12.2 Å². The van der Waals surface area contributed by atoms with Crippen LogP contribution in [0.3, 0.4) is 0 Å². The highest BCUT2D eigenvalue weighted by Crippen LogP contribution is 2.28. The summed E-state index contributed by atoms with van der Waals surface area (Å²) in [6.45, 7) is 4.00. The van der Waals surface area contributed by atoms with Gasteiger partial charge < -0.3 is 4.98 Å². The number of aromatic nitrogens is 5. The van der Waals surface area contributed by atoms with E-state index in [2.05, 4.69) is 20.2 Å². The second-order valence-corrected chi connectivity index (χ2v) is 8.17. The lowest BCUT2D eigenvalue weighted by atomic mass is 10.1. The molecule has 0 saturated carbocycles. The lowest BCUT2D eigenvalue weighted by Gasteiger charge is -2.14. The van der Waals surface area contributed by atoms with Gasteiger partial charge in [-0.05, 0) is 48.7 Å². The van der Waals surface area contributed by atoms with Gasteiger partial charge in [0.15, 0.2) is 5.16 Å². The van der Waals surface area contributed by atoms with Crippen molar-refractivity contribution in [1.29, 1.82) is 0 Å². The van der Waals surface area contributed by atoms with Crippen molar-refractivity contribution >= 4 is 11.8 Å². The number of hydrogen-bond donors (Lipinski definition) is 2. The standard InChI is InChI=1S/C22H20FN5O2S/c1-13-6-7-14(2)18(8-13)28-19(10-17-11-20(29)25-21(30)24-17)26-27-22(28)31-12-15-4-3-5-16(23)9-15/h3-9,11H,10,12H2,1-2H3,(H2,24,25,29,30). The molecule has 2 N–H and O–H groups in total. The molecule has 0 atom stereocenters. The van der Waals surface area contributed by atoms with Gasteiger partial charge in [0.1, 0.15) is 11.6 Å². The van der Waals surface area contributed by atoms with Crippen LogP contribution in [0.25, 0.3) is 5.69 Å². The fraction of sp³-hybridized carbons (Fsp3) is 0.182. The zero-order chi connectivity index (χ0) is 22.0. The van der Waals surface area contributed by atoms with Crippen LogP contribution in [0.1, 0.15) is 28.2 Å². The van der Waals surface area contributed by atoms with Crippen LogP contribution in [0.5, 0.6) is 0 Å². The Morgan fingerprint density at radius 3 is 2.65 bits per heavy atom. The molecule has 0 saturated heterocycles. The highest BCUT2D eigenvalue weighted by Gasteiger charge is 2.17. The number of halogens is 1. The lowest BCUT2D eigenvalue weighted by molar-refractivity contribution is 0.626. The van der Waals surface area contributed by atoms with Crippen molar-refractivity contribution in [2.24, 2.45) is 0 Å². The van der Waals surface area contributed by atoms with Gasteiger partial charge in [0, 0.05) is 23.9 Å². The van der Waals surface area contributed by atoms with E-state index in [9.17, 15) is 14.0 Å². The van der Waals surface area contributed by atoms with Gasteiger partial charge in [-0.3, -0.25) is 14.3 Å². The summed E-state index contributed by atoms with van der Waals surface area (Å²) in [7, 11) is 0. The number of rotatable bonds is 6. The summed E-state index contributed by atoms with van der Waals surface area (Å²) in [6, 6.07) is 13.9. The van der Waals surface area contributed by atoms with Crippen LogP contribution in [-0.4, -0.2) is 24.7 Å². The van der Waals surface area contributed by atoms with Crippen LogP contribution in [0, 0.1) is 19.7 Å². The predicted octanol–water partition coefficient (Wildman–Crippen LogP) is 3.28. The highest BCUT2D eigenvalue weighted by molar-refractivity contribution is 7.98. The lowest BCUT2D eigenvalue weighted by Crippen LogP contribution is -2.23. The van der Waals surface area contributed by atoms with E-state index in [0.29, 0.717) is 22.4 Å². The topological polar surface area (TPSA) is 96.4 Å². The molecule has 0 spiro atoms. The van der Waals surface area contributed by atoms with E-state index in [1.807, 2.05) is 42.7 Å². The number of aryl methyl sites for hydroxylation is 2. The summed E-state index contributed by atoms with van der Waals surface area (Å²) in [4.78, 5) is 28.1. The third-order valence-electron chi connectivity index (χ3n) is 4.73. The molecule has 2 aromatic carbocycles. The van der Waals surface area contributed by atoms with Crippen molar-refractivity contribution in [2.45, 2.75) is 31.2 Å².